The molecule has 4 aromatic rings. The quantitative estimate of drug-likeness (QED) is 0.388. The lowest BCUT2D eigenvalue weighted by atomic mass is 10.2. The lowest BCUT2D eigenvalue weighted by Gasteiger charge is -2.34. The van der Waals surface area contributed by atoms with Gasteiger partial charge >= 0.3 is 5.97 Å². The average Bonchev–Trinajstić information content (AvgIpc) is 3.50. The molecule has 1 aliphatic heterocycles. The Bertz CT molecular complexity index is 1640. The van der Waals surface area contributed by atoms with Gasteiger partial charge in [-0.25, -0.2) is 22.4 Å². The minimum Gasteiger partial charge on any atom is -0.478 e. The van der Waals surface area contributed by atoms with Crippen molar-refractivity contribution in [2.75, 3.05) is 26.2 Å². The summed E-state index contributed by atoms with van der Waals surface area (Å²) < 4.78 is 30.0. The number of hydrogen-bond acceptors (Lipinski definition) is 7. The van der Waals surface area contributed by atoms with Gasteiger partial charge in [0.05, 0.1) is 27.9 Å². The second-order valence-electron chi connectivity index (χ2n) is 8.20. The van der Waals surface area contributed by atoms with Crippen LogP contribution >= 0.6 is 0 Å². The van der Waals surface area contributed by atoms with Gasteiger partial charge in [0, 0.05) is 32.4 Å². The number of nitrogens with one attached hydrogen (secondary N) is 1. The van der Waals surface area contributed by atoms with Gasteiger partial charge in [0.25, 0.3) is 11.5 Å². The standard InChI is InChI=1S/C22H21N7O6S/c1-14-17(13-23-29(14)22-24-19(30)18-3-2-8-28(18)25-22)20(31)26-9-11-27(12-10-26)36(34,35)16-6-4-15(5-7-16)21(32)33/h2-8,13H,9-12H2,1H3,(H,32,33)(H,24,25,30). The van der Waals surface area contributed by atoms with Crippen LogP contribution in [0.1, 0.15) is 26.4 Å². The van der Waals surface area contributed by atoms with Crippen LogP contribution < -0.4 is 5.56 Å². The van der Waals surface area contributed by atoms with Crippen molar-refractivity contribution < 1.29 is 23.1 Å². The van der Waals surface area contributed by atoms with Gasteiger partial charge in [-0.15, -0.1) is 5.10 Å². The number of aromatic carboxylic acids is 1. The normalized spacial score (nSPS) is 14.9. The molecule has 0 saturated carbocycles. The summed E-state index contributed by atoms with van der Waals surface area (Å²) >= 11 is 0. The zero-order valence-corrected chi connectivity index (χ0v) is 19.8. The van der Waals surface area contributed by atoms with E-state index in [1.165, 1.54) is 44.0 Å². The zero-order chi connectivity index (χ0) is 25.6. The van der Waals surface area contributed by atoms with Gasteiger partial charge in [-0.2, -0.15) is 9.40 Å². The van der Waals surface area contributed by atoms with Crippen LogP contribution in [-0.4, -0.2) is 85.2 Å². The molecule has 1 aromatic carbocycles. The number of sulfonamides is 1. The monoisotopic (exact) mass is 511 g/mol. The van der Waals surface area contributed by atoms with Crippen LogP contribution in [0.15, 0.2) is 58.5 Å². The highest BCUT2D eigenvalue weighted by Crippen LogP contribution is 2.20. The molecule has 1 fully saturated rings. The number of aromatic nitrogens is 5. The van der Waals surface area contributed by atoms with Crippen LogP contribution in [0.5, 0.6) is 0 Å². The number of H-pyrrole nitrogens is 1. The molecule has 0 spiro atoms. The van der Waals surface area contributed by atoms with Crippen molar-refractivity contribution in [3.05, 3.63) is 76.0 Å². The predicted molar refractivity (Wildman–Crippen MR) is 126 cm³/mol. The fraction of sp³-hybridized carbons (Fsp3) is 0.227. The van der Waals surface area contributed by atoms with Crippen molar-refractivity contribution in [2.24, 2.45) is 0 Å². The highest BCUT2D eigenvalue weighted by Gasteiger charge is 2.31. The number of nitrogens with zero attached hydrogens (tertiary/aromatic N) is 6. The molecular weight excluding hydrogens is 490 g/mol. The number of amides is 1. The van der Waals surface area contributed by atoms with E-state index in [9.17, 15) is 22.8 Å². The van der Waals surface area contributed by atoms with Gasteiger partial charge in [-0.05, 0) is 43.3 Å². The number of piperazine rings is 1. The first kappa shape index (κ1) is 23.4. The number of fused-ring (bicyclic) bond motifs is 1. The topological polar surface area (TPSA) is 163 Å². The predicted octanol–water partition coefficient (Wildman–Crippen LogP) is 0.362. The summed E-state index contributed by atoms with van der Waals surface area (Å²) in [5.74, 6) is -1.30. The van der Waals surface area contributed by atoms with E-state index in [1.54, 1.807) is 30.2 Å². The lowest BCUT2D eigenvalue weighted by molar-refractivity contribution is 0.0689. The van der Waals surface area contributed by atoms with E-state index in [0.29, 0.717) is 16.8 Å². The number of hydrogen-bond donors (Lipinski definition) is 2. The molecule has 36 heavy (non-hydrogen) atoms. The smallest absolute Gasteiger partial charge is 0.335 e. The van der Waals surface area contributed by atoms with Crippen LogP contribution in [0, 0.1) is 6.92 Å². The first-order valence-corrected chi connectivity index (χ1v) is 12.4. The van der Waals surface area contributed by atoms with Crippen LogP contribution in [0.25, 0.3) is 11.5 Å². The highest BCUT2D eigenvalue weighted by atomic mass is 32.2. The third-order valence-electron chi connectivity index (χ3n) is 6.09. The molecule has 1 saturated heterocycles. The van der Waals surface area contributed by atoms with Crippen molar-refractivity contribution in [1.82, 2.24) is 33.6 Å². The van der Waals surface area contributed by atoms with Gasteiger partial charge in [-0.1, -0.05) is 0 Å². The molecule has 3 aromatic heterocycles. The van der Waals surface area contributed by atoms with E-state index < -0.39 is 16.0 Å². The molecule has 13 nitrogen and oxygen atoms in total. The summed E-state index contributed by atoms with van der Waals surface area (Å²) in [5.41, 5.74) is 0.815. The molecule has 0 atom stereocenters. The maximum absolute atomic E-state index is 13.2. The number of carboxylic acid groups (broad SMARTS) is 1. The number of benzene rings is 1. The third-order valence-corrected chi connectivity index (χ3v) is 8.01. The van der Waals surface area contributed by atoms with E-state index in [0.717, 1.165) is 0 Å². The van der Waals surface area contributed by atoms with Crippen molar-refractivity contribution in [2.45, 2.75) is 11.8 Å². The largest absolute Gasteiger partial charge is 0.478 e. The number of carbonyl (C=O) groups excluding carboxylic acids is 1. The molecule has 4 heterocycles. The Morgan fingerprint density at radius 3 is 2.42 bits per heavy atom. The summed E-state index contributed by atoms with van der Waals surface area (Å²) in [5, 5.41) is 17.6. The van der Waals surface area contributed by atoms with E-state index in [2.05, 4.69) is 15.2 Å². The zero-order valence-electron chi connectivity index (χ0n) is 19.0. The van der Waals surface area contributed by atoms with Crippen molar-refractivity contribution in [1.29, 1.82) is 0 Å². The number of carbonyl (C=O) groups is 2. The molecule has 0 unspecified atom stereocenters. The first-order chi connectivity index (χ1) is 17.2. The summed E-state index contributed by atoms with van der Waals surface area (Å²) in [7, 11) is -3.83. The van der Waals surface area contributed by atoms with Gasteiger partial charge in [0.15, 0.2) is 0 Å². The summed E-state index contributed by atoms with van der Waals surface area (Å²) in [6, 6.07) is 8.33. The molecule has 2 N–H and O–H groups in total. The molecule has 1 amide bonds. The first-order valence-electron chi connectivity index (χ1n) is 10.9. The minimum atomic E-state index is -3.83. The van der Waals surface area contributed by atoms with Crippen molar-refractivity contribution in [3.8, 4) is 5.95 Å². The Balaban J connectivity index is 1.31. The van der Waals surface area contributed by atoms with E-state index >= 15 is 0 Å². The van der Waals surface area contributed by atoms with Crippen LogP contribution in [0.4, 0.5) is 0 Å². The Hall–Kier alpha value is -4.30. The second-order valence-corrected chi connectivity index (χ2v) is 10.1. The van der Waals surface area contributed by atoms with Crippen LogP contribution in [-0.2, 0) is 10.0 Å². The molecule has 0 bridgehead atoms. The second kappa shape index (κ2) is 8.73. The Kier molecular flexibility index (Phi) is 5.68. The minimum absolute atomic E-state index is 0.00663. The molecule has 0 radical (unpaired) electrons. The fourth-order valence-corrected chi connectivity index (χ4v) is 5.50. The number of aromatic amines is 1. The van der Waals surface area contributed by atoms with Crippen LogP contribution in [0.2, 0.25) is 0 Å². The Morgan fingerprint density at radius 2 is 1.75 bits per heavy atom. The maximum Gasteiger partial charge on any atom is 0.335 e. The fourth-order valence-electron chi connectivity index (χ4n) is 4.08. The average molecular weight is 512 g/mol. The van der Waals surface area contributed by atoms with Crippen molar-refractivity contribution >= 4 is 27.4 Å². The van der Waals surface area contributed by atoms with E-state index in [4.69, 9.17) is 5.11 Å². The Labute approximate surface area is 204 Å². The molecule has 186 valence electrons. The maximum atomic E-state index is 13.2. The third kappa shape index (κ3) is 3.95. The molecular formula is C22H21N7O6S. The lowest BCUT2D eigenvalue weighted by Crippen LogP contribution is -2.50. The van der Waals surface area contributed by atoms with Gasteiger partial charge in [-0.3, -0.25) is 14.6 Å². The summed E-state index contributed by atoms with van der Waals surface area (Å²) in [6.07, 6.45) is 3.03. The molecule has 0 aliphatic carbocycles. The van der Waals surface area contributed by atoms with E-state index in [-0.39, 0.29) is 54.1 Å². The van der Waals surface area contributed by atoms with Crippen LogP contribution in [0.3, 0.4) is 0 Å². The molecule has 14 heteroatoms. The summed E-state index contributed by atoms with van der Waals surface area (Å²) in [4.78, 5) is 40.7. The Morgan fingerprint density at radius 1 is 1.06 bits per heavy atom. The van der Waals surface area contributed by atoms with Gasteiger partial charge in [0.1, 0.15) is 5.52 Å². The van der Waals surface area contributed by atoms with E-state index in [1.807, 2.05) is 0 Å². The molecule has 5 rings (SSSR count). The molecule has 1 aliphatic rings. The van der Waals surface area contributed by atoms with Gasteiger partial charge < -0.3 is 10.0 Å². The SMILES string of the molecule is Cc1c(C(=O)N2CCN(S(=O)(=O)c3ccc(C(=O)O)cc3)CC2)cnn1-c1nn2cccc2c(=O)[nH]1. The van der Waals surface area contributed by atoms with Crippen molar-refractivity contribution in [3.63, 3.8) is 0 Å². The summed E-state index contributed by atoms with van der Waals surface area (Å²) in [6.45, 7) is 2.18. The highest BCUT2D eigenvalue weighted by molar-refractivity contribution is 7.89. The van der Waals surface area contributed by atoms with Gasteiger partial charge in [0.2, 0.25) is 16.0 Å². The number of carboxylic acids is 1. The number of rotatable bonds is 5.